The van der Waals surface area contributed by atoms with E-state index in [2.05, 4.69) is 10.6 Å². The van der Waals surface area contributed by atoms with E-state index < -0.39 is 17.8 Å². The Morgan fingerprint density at radius 1 is 1.48 bits per heavy atom. The van der Waals surface area contributed by atoms with Crippen LogP contribution < -0.4 is 10.6 Å². The van der Waals surface area contributed by atoms with Crippen LogP contribution in [-0.2, 0) is 11.0 Å². The maximum absolute atomic E-state index is 12.6. The smallest absolute Gasteiger partial charge is 0.387 e. The largest absolute Gasteiger partial charge is 0.416 e. The van der Waals surface area contributed by atoms with Gasteiger partial charge in [0, 0.05) is 13.1 Å². The summed E-state index contributed by atoms with van der Waals surface area (Å²) in [5.41, 5.74) is -0.681. The van der Waals surface area contributed by atoms with Crippen LogP contribution in [0.3, 0.4) is 0 Å². The molecule has 0 bridgehead atoms. The van der Waals surface area contributed by atoms with Gasteiger partial charge in [0.25, 0.3) is 0 Å². The van der Waals surface area contributed by atoms with Gasteiger partial charge in [-0.25, -0.2) is 0 Å². The highest BCUT2D eigenvalue weighted by Gasteiger charge is 2.31. The molecular formula is C14H17F3N2O2. The normalized spacial score (nSPS) is 20.3. The monoisotopic (exact) mass is 302 g/mol. The van der Waals surface area contributed by atoms with Gasteiger partial charge in [-0.3, -0.25) is 4.79 Å². The van der Waals surface area contributed by atoms with Crippen LogP contribution in [0.1, 0.15) is 23.7 Å². The Labute approximate surface area is 120 Å². The number of carbonyl (C=O) groups is 1. The second-order valence-corrected chi connectivity index (χ2v) is 5.07. The van der Waals surface area contributed by atoms with Gasteiger partial charge < -0.3 is 15.7 Å². The van der Waals surface area contributed by atoms with Gasteiger partial charge in [-0.1, -0.05) is 12.1 Å². The van der Waals surface area contributed by atoms with Crippen molar-refractivity contribution in [3.05, 3.63) is 35.4 Å². The summed E-state index contributed by atoms with van der Waals surface area (Å²) in [5, 5.41) is 15.5. The number of alkyl halides is 3. The molecular weight excluding hydrogens is 285 g/mol. The van der Waals surface area contributed by atoms with Gasteiger partial charge in [-0.05, 0) is 30.7 Å². The van der Waals surface area contributed by atoms with Crippen molar-refractivity contribution in [2.45, 2.75) is 18.7 Å². The first-order valence-corrected chi connectivity index (χ1v) is 6.71. The van der Waals surface area contributed by atoms with Crippen LogP contribution in [-0.4, -0.2) is 30.6 Å². The van der Waals surface area contributed by atoms with Gasteiger partial charge in [0.05, 0.1) is 17.6 Å². The Balaban J connectivity index is 1.94. The number of hydrogen-bond donors (Lipinski definition) is 3. The molecule has 1 heterocycles. The maximum atomic E-state index is 12.6. The molecule has 1 aliphatic heterocycles. The van der Waals surface area contributed by atoms with Crippen LogP contribution in [0, 0.1) is 5.92 Å². The molecule has 4 nitrogen and oxygen atoms in total. The van der Waals surface area contributed by atoms with Gasteiger partial charge in [0.1, 0.15) is 0 Å². The maximum Gasteiger partial charge on any atom is 0.416 e. The fourth-order valence-electron chi connectivity index (χ4n) is 2.26. The summed E-state index contributed by atoms with van der Waals surface area (Å²) < 4.78 is 37.8. The number of hydrogen-bond acceptors (Lipinski definition) is 3. The Kier molecular flexibility index (Phi) is 4.84. The molecule has 3 N–H and O–H groups in total. The van der Waals surface area contributed by atoms with E-state index in [0.29, 0.717) is 6.54 Å². The summed E-state index contributed by atoms with van der Waals surface area (Å²) in [6, 6.07) is 4.49. The first kappa shape index (κ1) is 15.8. The number of benzene rings is 1. The van der Waals surface area contributed by atoms with Crippen LogP contribution in [0.2, 0.25) is 0 Å². The zero-order chi connectivity index (χ0) is 15.5. The third kappa shape index (κ3) is 4.18. The molecule has 0 aliphatic carbocycles. The Morgan fingerprint density at radius 2 is 2.24 bits per heavy atom. The number of halogens is 3. The molecule has 1 saturated heterocycles. The average Bonchev–Trinajstić information content (AvgIpc) is 2.98. The van der Waals surface area contributed by atoms with Crippen LogP contribution in [0.25, 0.3) is 0 Å². The quantitative estimate of drug-likeness (QED) is 0.789. The van der Waals surface area contributed by atoms with Crippen LogP contribution in [0.5, 0.6) is 0 Å². The second kappa shape index (κ2) is 6.44. The van der Waals surface area contributed by atoms with Crippen LogP contribution >= 0.6 is 0 Å². The van der Waals surface area contributed by atoms with E-state index in [1.165, 1.54) is 12.1 Å². The molecule has 0 spiro atoms. The Bertz CT molecular complexity index is 499. The van der Waals surface area contributed by atoms with E-state index in [0.717, 1.165) is 25.1 Å². The summed E-state index contributed by atoms with van der Waals surface area (Å²) in [6.07, 6.45) is -4.88. The summed E-state index contributed by atoms with van der Waals surface area (Å²) in [5.74, 6) is -0.329. The molecule has 1 fully saturated rings. The first-order chi connectivity index (χ1) is 9.88. The number of amides is 1. The van der Waals surface area contributed by atoms with Crippen molar-refractivity contribution in [1.82, 2.24) is 10.6 Å². The highest BCUT2D eigenvalue weighted by molar-refractivity contribution is 5.79. The minimum Gasteiger partial charge on any atom is -0.387 e. The fraction of sp³-hybridized carbons (Fsp3) is 0.500. The lowest BCUT2D eigenvalue weighted by molar-refractivity contribution is -0.137. The molecule has 116 valence electrons. The van der Waals surface area contributed by atoms with Crippen molar-refractivity contribution in [2.75, 3.05) is 19.6 Å². The summed E-state index contributed by atoms with van der Waals surface area (Å²) in [7, 11) is 0. The van der Waals surface area contributed by atoms with Crippen molar-refractivity contribution >= 4 is 5.91 Å². The molecule has 0 aromatic heterocycles. The van der Waals surface area contributed by atoms with E-state index in [-0.39, 0.29) is 23.9 Å². The highest BCUT2D eigenvalue weighted by Crippen LogP contribution is 2.30. The van der Waals surface area contributed by atoms with E-state index in [9.17, 15) is 23.1 Å². The molecule has 2 rings (SSSR count). The lowest BCUT2D eigenvalue weighted by Crippen LogP contribution is -2.34. The molecule has 21 heavy (non-hydrogen) atoms. The number of carbonyl (C=O) groups excluding carboxylic acids is 1. The van der Waals surface area contributed by atoms with Gasteiger partial charge in [0.2, 0.25) is 5.91 Å². The van der Waals surface area contributed by atoms with Crippen molar-refractivity contribution in [3.63, 3.8) is 0 Å². The second-order valence-electron chi connectivity index (χ2n) is 5.07. The van der Waals surface area contributed by atoms with E-state index in [4.69, 9.17) is 0 Å². The average molecular weight is 302 g/mol. The molecule has 7 heteroatoms. The van der Waals surface area contributed by atoms with E-state index in [1.807, 2.05) is 0 Å². The summed E-state index contributed by atoms with van der Waals surface area (Å²) in [4.78, 5) is 11.8. The van der Waals surface area contributed by atoms with Gasteiger partial charge in [0.15, 0.2) is 0 Å². The minimum atomic E-state index is -4.45. The van der Waals surface area contributed by atoms with E-state index in [1.54, 1.807) is 0 Å². The summed E-state index contributed by atoms with van der Waals surface area (Å²) >= 11 is 0. The molecule has 1 aliphatic rings. The number of aliphatic hydroxyl groups is 1. The van der Waals surface area contributed by atoms with Crippen molar-refractivity contribution in [2.24, 2.45) is 5.92 Å². The zero-order valence-corrected chi connectivity index (χ0v) is 11.3. The zero-order valence-electron chi connectivity index (χ0n) is 11.3. The molecule has 2 unspecified atom stereocenters. The molecule has 2 atom stereocenters. The predicted molar refractivity (Wildman–Crippen MR) is 70.4 cm³/mol. The lowest BCUT2D eigenvalue weighted by atomic mass is 10.0. The van der Waals surface area contributed by atoms with Crippen LogP contribution in [0.15, 0.2) is 24.3 Å². The molecule has 0 saturated carbocycles. The van der Waals surface area contributed by atoms with Gasteiger partial charge >= 0.3 is 6.18 Å². The third-order valence-electron chi connectivity index (χ3n) is 3.50. The first-order valence-electron chi connectivity index (χ1n) is 6.71. The topological polar surface area (TPSA) is 61.4 Å². The fourth-order valence-corrected chi connectivity index (χ4v) is 2.26. The van der Waals surface area contributed by atoms with Crippen molar-refractivity contribution in [1.29, 1.82) is 0 Å². The van der Waals surface area contributed by atoms with Gasteiger partial charge in [-0.2, -0.15) is 13.2 Å². The Morgan fingerprint density at radius 3 is 2.86 bits per heavy atom. The molecule has 1 aromatic carbocycles. The number of aliphatic hydroxyl groups excluding tert-OH is 1. The molecule has 0 radical (unpaired) electrons. The van der Waals surface area contributed by atoms with Gasteiger partial charge in [-0.15, -0.1) is 0 Å². The molecule has 1 aromatic rings. The van der Waals surface area contributed by atoms with Crippen molar-refractivity contribution < 1.29 is 23.1 Å². The Hall–Kier alpha value is -1.60. The lowest BCUT2D eigenvalue weighted by Gasteiger charge is -2.16. The van der Waals surface area contributed by atoms with Crippen LogP contribution in [0.4, 0.5) is 13.2 Å². The third-order valence-corrected chi connectivity index (χ3v) is 3.50. The SMILES string of the molecule is O=C(NCC(O)c1cccc(C(F)(F)F)c1)C1CCNC1. The highest BCUT2D eigenvalue weighted by atomic mass is 19.4. The van der Waals surface area contributed by atoms with Crippen molar-refractivity contribution in [3.8, 4) is 0 Å². The number of rotatable bonds is 4. The standard InChI is InChI=1S/C14H17F3N2O2/c15-14(16,17)11-3-1-2-9(6-11)12(20)8-19-13(21)10-4-5-18-7-10/h1-3,6,10,12,18,20H,4-5,7-8H2,(H,19,21). The predicted octanol–water partition coefficient (Wildman–Crippen LogP) is 1.46. The minimum absolute atomic E-state index is 0.101. The molecule has 1 amide bonds. The van der Waals surface area contributed by atoms with E-state index >= 15 is 0 Å². The number of nitrogens with one attached hydrogen (secondary N) is 2. The summed E-state index contributed by atoms with van der Waals surface area (Å²) in [6.45, 7) is 1.26.